The van der Waals surface area contributed by atoms with Gasteiger partial charge in [0.25, 0.3) is 5.91 Å². The summed E-state index contributed by atoms with van der Waals surface area (Å²) < 4.78 is 2.29. The lowest BCUT2D eigenvalue weighted by Gasteiger charge is -2.02. The summed E-state index contributed by atoms with van der Waals surface area (Å²) >= 11 is 7.07. The van der Waals surface area contributed by atoms with Crippen LogP contribution in [-0.4, -0.2) is 15.7 Å². The molecule has 0 saturated carbocycles. The van der Waals surface area contributed by atoms with Crippen molar-refractivity contribution in [2.24, 2.45) is 0 Å². The number of rotatable bonds is 4. The third-order valence-corrected chi connectivity index (χ3v) is 4.36. The molecule has 7 heteroatoms. The molecule has 0 saturated heterocycles. The van der Waals surface area contributed by atoms with Crippen molar-refractivity contribution in [3.8, 4) is 5.69 Å². The molecule has 0 aliphatic heterocycles. The number of benzene rings is 1. The van der Waals surface area contributed by atoms with Gasteiger partial charge in [-0.3, -0.25) is 4.79 Å². The molecule has 0 bridgehead atoms. The van der Waals surface area contributed by atoms with E-state index in [1.54, 1.807) is 35.1 Å². The van der Waals surface area contributed by atoms with E-state index in [4.69, 9.17) is 18.2 Å². The van der Waals surface area contributed by atoms with Gasteiger partial charge in [-0.2, -0.15) is 5.10 Å². The second-order valence-corrected chi connectivity index (χ2v) is 6.42. The van der Waals surface area contributed by atoms with Crippen LogP contribution >= 0.6 is 22.9 Å². The highest BCUT2D eigenvalue weighted by Gasteiger charge is 2.09. The van der Waals surface area contributed by atoms with Crippen LogP contribution in [0.25, 0.3) is 10.5 Å². The predicted molar refractivity (Wildman–Crippen MR) is 90.3 cm³/mol. The molecule has 0 radical (unpaired) electrons. The van der Waals surface area contributed by atoms with Gasteiger partial charge in [0.1, 0.15) is 0 Å². The van der Waals surface area contributed by atoms with Gasteiger partial charge in [0, 0.05) is 18.3 Å². The third-order valence-electron chi connectivity index (χ3n) is 3.13. The topological polar surface area (TPSA) is 51.3 Å². The number of nitrogens with zero attached hydrogens (tertiary/aromatic N) is 3. The van der Waals surface area contributed by atoms with Gasteiger partial charge in [-0.1, -0.05) is 23.7 Å². The number of amides is 1. The maximum Gasteiger partial charge on any atom is 0.261 e. The molecule has 1 aromatic carbocycles. The fourth-order valence-corrected chi connectivity index (χ4v) is 2.94. The van der Waals surface area contributed by atoms with Crippen LogP contribution in [0.1, 0.15) is 15.2 Å². The van der Waals surface area contributed by atoms with E-state index in [-0.39, 0.29) is 5.91 Å². The van der Waals surface area contributed by atoms with Crippen LogP contribution in [0.15, 0.2) is 48.8 Å². The van der Waals surface area contributed by atoms with E-state index in [0.29, 0.717) is 21.4 Å². The van der Waals surface area contributed by atoms with Crippen molar-refractivity contribution < 1.29 is 4.79 Å². The molecule has 0 atom stereocenters. The van der Waals surface area contributed by atoms with Gasteiger partial charge in [0.2, 0.25) is 0 Å². The molecule has 2 aromatic heterocycles. The Hall–Kier alpha value is -2.62. The van der Waals surface area contributed by atoms with E-state index in [2.05, 4.69) is 15.3 Å². The Morgan fingerprint density at radius 2 is 2.09 bits per heavy atom. The smallest absolute Gasteiger partial charge is 0.261 e. The van der Waals surface area contributed by atoms with E-state index in [0.717, 1.165) is 11.3 Å². The fraction of sp³-hybridized carbons (Fsp3) is 0.0625. The number of aromatic nitrogens is 2. The van der Waals surface area contributed by atoms with Gasteiger partial charge in [0.05, 0.1) is 27.7 Å². The minimum absolute atomic E-state index is 0.156. The Labute approximate surface area is 142 Å². The van der Waals surface area contributed by atoms with Crippen LogP contribution in [0.3, 0.4) is 0 Å². The number of carbonyl (C=O) groups is 1. The van der Waals surface area contributed by atoms with Crippen molar-refractivity contribution >= 4 is 34.5 Å². The van der Waals surface area contributed by atoms with E-state index >= 15 is 0 Å². The van der Waals surface area contributed by atoms with E-state index in [1.165, 1.54) is 11.3 Å². The van der Waals surface area contributed by atoms with Crippen molar-refractivity contribution in [3.05, 3.63) is 75.0 Å². The molecular formula is C16H11ClN4OS. The maximum atomic E-state index is 12.0. The molecule has 5 nitrogen and oxygen atoms in total. The average Bonchev–Trinajstić information content (AvgIpc) is 3.22. The molecule has 0 aliphatic carbocycles. The lowest BCUT2D eigenvalue weighted by Crippen LogP contribution is -2.21. The van der Waals surface area contributed by atoms with Crippen LogP contribution < -0.4 is 5.32 Å². The van der Waals surface area contributed by atoms with Crippen LogP contribution in [0.5, 0.6) is 0 Å². The van der Waals surface area contributed by atoms with Gasteiger partial charge >= 0.3 is 0 Å². The summed E-state index contributed by atoms with van der Waals surface area (Å²) in [5.74, 6) is -0.156. The van der Waals surface area contributed by atoms with Crippen LogP contribution in [0.2, 0.25) is 4.34 Å². The van der Waals surface area contributed by atoms with Crippen molar-refractivity contribution in [1.29, 1.82) is 0 Å². The van der Waals surface area contributed by atoms with Gasteiger partial charge in [-0.05, 0) is 24.3 Å². The monoisotopic (exact) mass is 342 g/mol. The minimum Gasteiger partial charge on any atom is -0.347 e. The Morgan fingerprint density at radius 3 is 2.74 bits per heavy atom. The van der Waals surface area contributed by atoms with Gasteiger partial charge in [-0.15, -0.1) is 11.3 Å². The molecule has 114 valence electrons. The maximum absolute atomic E-state index is 12.0. The molecule has 0 spiro atoms. The Morgan fingerprint density at radius 1 is 1.30 bits per heavy atom. The summed E-state index contributed by atoms with van der Waals surface area (Å²) in [5, 5.41) is 7.10. The number of halogens is 1. The van der Waals surface area contributed by atoms with Crippen LogP contribution in [0, 0.1) is 6.57 Å². The summed E-state index contributed by atoms with van der Waals surface area (Å²) in [6, 6.07) is 10.5. The molecule has 0 aliphatic rings. The minimum atomic E-state index is -0.156. The van der Waals surface area contributed by atoms with E-state index in [1.807, 2.05) is 18.3 Å². The zero-order valence-corrected chi connectivity index (χ0v) is 13.4. The molecule has 1 N–H and O–H groups in total. The SMILES string of the molecule is [C-]#[N+]c1ccc(-n2cc(CNC(=O)c3ccc(Cl)s3)cn2)cc1. The number of hydrogen-bond acceptors (Lipinski definition) is 3. The quantitative estimate of drug-likeness (QED) is 0.727. The highest BCUT2D eigenvalue weighted by Crippen LogP contribution is 2.21. The second-order valence-electron chi connectivity index (χ2n) is 4.71. The first kappa shape index (κ1) is 15.3. The summed E-state index contributed by atoms with van der Waals surface area (Å²) in [7, 11) is 0. The summed E-state index contributed by atoms with van der Waals surface area (Å²) in [6.07, 6.45) is 3.54. The summed E-state index contributed by atoms with van der Waals surface area (Å²) in [5.41, 5.74) is 2.33. The molecule has 0 fully saturated rings. The average molecular weight is 343 g/mol. The standard InChI is InChI=1S/C16H11ClN4OS/c1-18-12-2-4-13(5-3-12)21-10-11(9-20-21)8-19-16(22)14-6-7-15(17)23-14/h2-7,9-10H,8H2,(H,19,22). The summed E-state index contributed by atoms with van der Waals surface area (Å²) in [6.45, 7) is 7.33. The number of thiophene rings is 1. The largest absolute Gasteiger partial charge is 0.347 e. The lowest BCUT2D eigenvalue weighted by molar-refractivity contribution is 0.0955. The molecule has 23 heavy (non-hydrogen) atoms. The molecule has 0 unspecified atom stereocenters. The first-order valence-corrected chi connectivity index (χ1v) is 7.90. The zero-order chi connectivity index (χ0) is 16.2. The van der Waals surface area contributed by atoms with Crippen LogP contribution in [0.4, 0.5) is 5.69 Å². The Bertz CT molecular complexity index is 876. The molecule has 3 rings (SSSR count). The number of hydrogen-bond donors (Lipinski definition) is 1. The Balaban J connectivity index is 1.65. The molecule has 3 aromatic rings. The highest BCUT2D eigenvalue weighted by molar-refractivity contribution is 7.17. The van der Waals surface area contributed by atoms with Crippen molar-refractivity contribution in [1.82, 2.24) is 15.1 Å². The second kappa shape index (κ2) is 6.65. The lowest BCUT2D eigenvalue weighted by atomic mass is 10.3. The van der Waals surface area contributed by atoms with Crippen LogP contribution in [-0.2, 0) is 6.54 Å². The zero-order valence-electron chi connectivity index (χ0n) is 11.9. The van der Waals surface area contributed by atoms with Crippen molar-refractivity contribution in [3.63, 3.8) is 0 Å². The molecule has 2 heterocycles. The fourth-order valence-electron chi connectivity index (χ4n) is 1.98. The first-order chi connectivity index (χ1) is 11.2. The number of carbonyl (C=O) groups excluding carboxylic acids is 1. The van der Waals surface area contributed by atoms with Gasteiger partial charge < -0.3 is 5.32 Å². The first-order valence-electron chi connectivity index (χ1n) is 6.71. The van der Waals surface area contributed by atoms with E-state index in [9.17, 15) is 4.79 Å². The van der Waals surface area contributed by atoms with Gasteiger partial charge in [0.15, 0.2) is 5.69 Å². The highest BCUT2D eigenvalue weighted by atomic mass is 35.5. The van der Waals surface area contributed by atoms with Gasteiger partial charge in [-0.25, -0.2) is 9.53 Å². The van der Waals surface area contributed by atoms with Crippen molar-refractivity contribution in [2.75, 3.05) is 0 Å². The predicted octanol–water partition coefficient (Wildman–Crippen LogP) is 4.07. The third kappa shape index (κ3) is 3.59. The number of nitrogens with one attached hydrogen (secondary N) is 1. The van der Waals surface area contributed by atoms with E-state index < -0.39 is 0 Å². The molecular weight excluding hydrogens is 332 g/mol. The summed E-state index contributed by atoms with van der Waals surface area (Å²) in [4.78, 5) is 15.9. The molecule has 1 amide bonds. The van der Waals surface area contributed by atoms with Crippen molar-refractivity contribution in [2.45, 2.75) is 6.54 Å². The Kier molecular flexibility index (Phi) is 4.42. The normalized spacial score (nSPS) is 10.3.